The summed E-state index contributed by atoms with van der Waals surface area (Å²) in [5.74, 6) is -1.20. The number of hydrogen-bond acceptors (Lipinski definition) is 3. The summed E-state index contributed by atoms with van der Waals surface area (Å²) in [6.45, 7) is 2.16. The molecule has 1 N–H and O–H groups in total. The van der Waals surface area contributed by atoms with Crippen LogP contribution in [0, 0.1) is 0 Å². The van der Waals surface area contributed by atoms with Crippen molar-refractivity contribution in [2.24, 2.45) is 0 Å². The zero-order valence-corrected chi connectivity index (χ0v) is 10.3. The molecule has 0 radical (unpaired) electrons. The van der Waals surface area contributed by atoms with E-state index in [2.05, 4.69) is 0 Å². The predicted octanol–water partition coefficient (Wildman–Crippen LogP) is 2.28. The van der Waals surface area contributed by atoms with Crippen molar-refractivity contribution in [3.63, 3.8) is 0 Å². The van der Waals surface area contributed by atoms with Crippen LogP contribution in [-0.4, -0.2) is 23.7 Å². The minimum Gasteiger partial charge on any atom is -0.478 e. The molecule has 0 fully saturated rings. The van der Waals surface area contributed by atoms with Gasteiger partial charge >= 0.3 is 11.9 Å². The van der Waals surface area contributed by atoms with Gasteiger partial charge in [-0.3, -0.25) is 4.79 Å². The lowest BCUT2D eigenvalue weighted by molar-refractivity contribution is -0.143. The molecule has 18 heavy (non-hydrogen) atoms. The van der Waals surface area contributed by atoms with Crippen molar-refractivity contribution >= 4 is 18.0 Å². The molecule has 1 aromatic carbocycles. The summed E-state index contributed by atoms with van der Waals surface area (Å²) in [6.07, 6.45) is 3.54. The SMILES string of the molecule is CCOC(=O)CCc1cccc(C=CC(=O)O)c1. The number of carboxylic acid groups (broad SMARTS) is 1. The molecule has 4 nitrogen and oxygen atoms in total. The van der Waals surface area contributed by atoms with Gasteiger partial charge in [-0.25, -0.2) is 4.79 Å². The van der Waals surface area contributed by atoms with E-state index in [-0.39, 0.29) is 5.97 Å². The highest BCUT2D eigenvalue weighted by molar-refractivity contribution is 5.85. The zero-order chi connectivity index (χ0) is 13.4. The number of carboxylic acids is 1. The molecule has 1 rings (SSSR count). The van der Waals surface area contributed by atoms with E-state index in [1.54, 1.807) is 6.92 Å². The second kappa shape index (κ2) is 7.27. The number of hydrogen-bond donors (Lipinski definition) is 1. The Bertz CT molecular complexity index is 449. The van der Waals surface area contributed by atoms with Gasteiger partial charge in [0.1, 0.15) is 0 Å². The molecule has 0 atom stereocenters. The number of aliphatic carboxylic acids is 1. The predicted molar refractivity (Wildman–Crippen MR) is 68.1 cm³/mol. The molecular formula is C14H16O4. The van der Waals surface area contributed by atoms with E-state index >= 15 is 0 Å². The van der Waals surface area contributed by atoms with Crippen LogP contribution < -0.4 is 0 Å². The van der Waals surface area contributed by atoms with Gasteiger partial charge in [-0.05, 0) is 30.5 Å². The smallest absolute Gasteiger partial charge is 0.328 e. The molecule has 0 heterocycles. The second-order valence-corrected chi connectivity index (χ2v) is 3.72. The molecular weight excluding hydrogens is 232 g/mol. The number of rotatable bonds is 6. The molecule has 0 aliphatic rings. The lowest BCUT2D eigenvalue weighted by Crippen LogP contribution is -2.05. The van der Waals surface area contributed by atoms with Gasteiger partial charge in [-0.15, -0.1) is 0 Å². The highest BCUT2D eigenvalue weighted by Crippen LogP contribution is 2.09. The number of benzene rings is 1. The molecule has 0 aliphatic heterocycles. The van der Waals surface area contributed by atoms with Crippen LogP contribution in [0.4, 0.5) is 0 Å². The van der Waals surface area contributed by atoms with Crippen LogP contribution in [0.1, 0.15) is 24.5 Å². The van der Waals surface area contributed by atoms with Crippen molar-refractivity contribution in [2.75, 3.05) is 6.61 Å². The first kappa shape index (κ1) is 14.0. The number of aryl methyl sites for hydroxylation is 1. The van der Waals surface area contributed by atoms with Gasteiger partial charge in [-0.2, -0.15) is 0 Å². The molecule has 0 saturated carbocycles. The van der Waals surface area contributed by atoms with E-state index in [1.807, 2.05) is 24.3 Å². The van der Waals surface area contributed by atoms with Crippen molar-refractivity contribution in [3.8, 4) is 0 Å². The molecule has 0 unspecified atom stereocenters. The third-order valence-corrected chi connectivity index (χ3v) is 2.29. The molecule has 0 aliphatic carbocycles. The van der Waals surface area contributed by atoms with Crippen molar-refractivity contribution < 1.29 is 19.4 Å². The minimum atomic E-state index is -0.980. The molecule has 0 aromatic heterocycles. The van der Waals surface area contributed by atoms with Crippen molar-refractivity contribution in [3.05, 3.63) is 41.5 Å². The minimum absolute atomic E-state index is 0.219. The molecule has 1 aromatic rings. The molecule has 0 amide bonds. The van der Waals surface area contributed by atoms with Gasteiger partial charge in [0.15, 0.2) is 0 Å². The van der Waals surface area contributed by atoms with Crippen molar-refractivity contribution in [2.45, 2.75) is 19.8 Å². The normalized spacial score (nSPS) is 10.5. The summed E-state index contributed by atoms with van der Waals surface area (Å²) in [6, 6.07) is 7.41. The van der Waals surface area contributed by atoms with Gasteiger partial charge in [0.2, 0.25) is 0 Å². The van der Waals surface area contributed by atoms with E-state index in [0.717, 1.165) is 17.2 Å². The summed E-state index contributed by atoms with van der Waals surface area (Å²) in [4.78, 5) is 21.6. The summed E-state index contributed by atoms with van der Waals surface area (Å²) in [7, 11) is 0. The van der Waals surface area contributed by atoms with Crippen molar-refractivity contribution in [1.82, 2.24) is 0 Å². The third kappa shape index (κ3) is 5.30. The van der Waals surface area contributed by atoms with Crippen LogP contribution >= 0.6 is 0 Å². The van der Waals surface area contributed by atoms with Crippen LogP contribution in [0.15, 0.2) is 30.3 Å². The highest BCUT2D eigenvalue weighted by Gasteiger charge is 2.02. The maximum Gasteiger partial charge on any atom is 0.328 e. The Morgan fingerprint density at radius 1 is 1.39 bits per heavy atom. The monoisotopic (exact) mass is 248 g/mol. The maximum absolute atomic E-state index is 11.2. The Kier molecular flexibility index (Phi) is 5.64. The Morgan fingerprint density at radius 2 is 2.17 bits per heavy atom. The average Bonchev–Trinajstić information content (AvgIpc) is 2.35. The van der Waals surface area contributed by atoms with Gasteiger partial charge in [0.05, 0.1) is 6.61 Å². The second-order valence-electron chi connectivity index (χ2n) is 3.72. The van der Waals surface area contributed by atoms with Crippen LogP contribution in [-0.2, 0) is 20.7 Å². The standard InChI is InChI=1S/C14H16O4/c1-2-18-14(17)9-7-12-5-3-4-11(10-12)6-8-13(15)16/h3-6,8,10H,2,7,9H2,1H3,(H,15,16). The van der Waals surface area contributed by atoms with Gasteiger partial charge in [0, 0.05) is 12.5 Å². The molecule has 0 bridgehead atoms. The fraction of sp³-hybridized carbons (Fsp3) is 0.286. The first-order chi connectivity index (χ1) is 8.61. The number of esters is 1. The molecule has 4 heteroatoms. The van der Waals surface area contributed by atoms with Crippen LogP contribution in [0.25, 0.3) is 6.08 Å². The number of ether oxygens (including phenoxy) is 1. The van der Waals surface area contributed by atoms with Crippen molar-refractivity contribution in [1.29, 1.82) is 0 Å². The van der Waals surface area contributed by atoms with Crippen LogP contribution in [0.2, 0.25) is 0 Å². The molecule has 0 spiro atoms. The van der Waals surface area contributed by atoms with E-state index in [4.69, 9.17) is 9.84 Å². The Balaban J connectivity index is 2.59. The summed E-state index contributed by atoms with van der Waals surface area (Å²) >= 11 is 0. The Morgan fingerprint density at radius 3 is 2.83 bits per heavy atom. The van der Waals surface area contributed by atoms with Gasteiger partial charge in [0.25, 0.3) is 0 Å². The Labute approximate surface area is 106 Å². The van der Waals surface area contributed by atoms with E-state index in [0.29, 0.717) is 19.4 Å². The lowest BCUT2D eigenvalue weighted by atomic mass is 10.1. The molecule has 0 saturated heterocycles. The van der Waals surface area contributed by atoms with E-state index < -0.39 is 5.97 Å². The first-order valence-corrected chi connectivity index (χ1v) is 5.77. The quantitative estimate of drug-likeness (QED) is 0.619. The number of carbonyl (C=O) groups is 2. The zero-order valence-electron chi connectivity index (χ0n) is 10.3. The fourth-order valence-corrected chi connectivity index (χ4v) is 1.50. The van der Waals surface area contributed by atoms with Gasteiger partial charge in [-0.1, -0.05) is 24.3 Å². The summed E-state index contributed by atoms with van der Waals surface area (Å²) < 4.78 is 4.84. The van der Waals surface area contributed by atoms with Crippen LogP contribution in [0.3, 0.4) is 0 Å². The third-order valence-electron chi connectivity index (χ3n) is 2.29. The highest BCUT2D eigenvalue weighted by atomic mass is 16.5. The average molecular weight is 248 g/mol. The van der Waals surface area contributed by atoms with Gasteiger partial charge < -0.3 is 9.84 Å². The topological polar surface area (TPSA) is 63.6 Å². The van der Waals surface area contributed by atoms with Crippen LogP contribution in [0.5, 0.6) is 0 Å². The number of carbonyl (C=O) groups excluding carboxylic acids is 1. The Hall–Kier alpha value is -2.10. The summed E-state index contributed by atoms with van der Waals surface area (Å²) in [5.41, 5.74) is 1.79. The largest absolute Gasteiger partial charge is 0.478 e. The summed E-state index contributed by atoms with van der Waals surface area (Å²) in [5, 5.41) is 8.53. The van der Waals surface area contributed by atoms with E-state index in [9.17, 15) is 9.59 Å². The first-order valence-electron chi connectivity index (χ1n) is 5.77. The molecule has 96 valence electrons. The van der Waals surface area contributed by atoms with E-state index in [1.165, 1.54) is 6.08 Å². The maximum atomic E-state index is 11.2. The fourth-order valence-electron chi connectivity index (χ4n) is 1.50. The lowest BCUT2D eigenvalue weighted by Gasteiger charge is -2.03.